The van der Waals surface area contributed by atoms with Gasteiger partial charge in [-0.3, -0.25) is 9.36 Å². The second-order valence-electron chi connectivity index (χ2n) is 6.93. The van der Waals surface area contributed by atoms with Gasteiger partial charge in [0.1, 0.15) is 23.2 Å². The van der Waals surface area contributed by atoms with Crippen LogP contribution in [0.5, 0.6) is 5.75 Å². The summed E-state index contributed by atoms with van der Waals surface area (Å²) >= 11 is 0. The Morgan fingerprint density at radius 3 is 2.47 bits per heavy atom. The van der Waals surface area contributed by atoms with Gasteiger partial charge in [-0.1, -0.05) is 0 Å². The van der Waals surface area contributed by atoms with E-state index in [0.717, 1.165) is 18.2 Å². The highest BCUT2D eigenvalue weighted by Crippen LogP contribution is 2.20. The molecule has 0 unspecified atom stereocenters. The molecule has 0 aliphatic rings. The molecule has 0 fully saturated rings. The lowest BCUT2D eigenvalue weighted by molar-refractivity contribution is 0.262. The Hall–Kier alpha value is -4.27. The molecule has 0 saturated carbocycles. The first-order valence-corrected chi connectivity index (χ1v) is 9.56. The summed E-state index contributed by atoms with van der Waals surface area (Å²) in [5.74, 6) is -0.317. The van der Waals surface area contributed by atoms with E-state index in [1.54, 1.807) is 50.4 Å². The molecule has 162 valence electrons. The van der Waals surface area contributed by atoms with Crippen LogP contribution in [0.1, 0.15) is 5.82 Å². The van der Waals surface area contributed by atoms with E-state index < -0.39 is 17.7 Å². The fraction of sp³-hybridized carbons (Fsp3) is 0.0870. The van der Waals surface area contributed by atoms with Crippen LogP contribution >= 0.6 is 0 Å². The largest absolute Gasteiger partial charge is 0.497 e. The molecule has 7 nitrogen and oxygen atoms in total. The minimum Gasteiger partial charge on any atom is -0.497 e. The maximum Gasteiger partial charge on any atom is 0.323 e. The number of nitrogens with zero attached hydrogens (tertiary/aromatic N) is 2. The quantitative estimate of drug-likeness (QED) is 0.489. The minimum atomic E-state index is -0.788. The van der Waals surface area contributed by atoms with Crippen LogP contribution in [0.15, 0.2) is 65.5 Å². The van der Waals surface area contributed by atoms with Crippen LogP contribution in [-0.4, -0.2) is 22.7 Å². The summed E-state index contributed by atoms with van der Waals surface area (Å²) in [5, 5.41) is 5.04. The molecule has 32 heavy (non-hydrogen) atoms. The Bertz CT molecular complexity index is 1380. The molecule has 1 heterocycles. The topological polar surface area (TPSA) is 85.2 Å². The third-order valence-electron chi connectivity index (χ3n) is 4.80. The monoisotopic (exact) mass is 436 g/mol. The zero-order valence-corrected chi connectivity index (χ0v) is 17.1. The summed E-state index contributed by atoms with van der Waals surface area (Å²) in [5.41, 5.74) is 0.732. The number of nitrogens with one attached hydrogen (secondary N) is 2. The van der Waals surface area contributed by atoms with Crippen molar-refractivity contribution < 1.29 is 18.3 Å². The van der Waals surface area contributed by atoms with Crippen LogP contribution in [0.25, 0.3) is 16.6 Å². The molecular weight excluding hydrogens is 418 g/mol. The highest BCUT2D eigenvalue weighted by Gasteiger charge is 2.13. The Labute approximate surface area is 181 Å². The minimum absolute atomic E-state index is 0.279. The number of hydrogen-bond donors (Lipinski definition) is 2. The Balaban J connectivity index is 1.66. The Morgan fingerprint density at radius 1 is 1.00 bits per heavy atom. The van der Waals surface area contributed by atoms with Crippen molar-refractivity contribution in [2.75, 3.05) is 17.7 Å². The Kier molecular flexibility index (Phi) is 5.55. The molecule has 0 radical (unpaired) electrons. The summed E-state index contributed by atoms with van der Waals surface area (Å²) in [4.78, 5) is 29.9. The van der Waals surface area contributed by atoms with Gasteiger partial charge >= 0.3 is 6.03 Å². The lowest BCUT2D eigenvalue weighted by atomic mass is 10.2. The van der Waals surface area contributed by atoms with E-state index in [2.05, 4.69) is 15.6 Å². The first-order valence-electron chi connectivity index (χ1n) is 9.56. The van der Waals surface area contributed by atoms with E-state index in [4.69, 9.17) is 4.74 Å². The molecule has 4 aromatic rings. The number of urea groups is 1. The number of methoxy groups -OCH3 is 1. The third kappa shape index (κ3) is 4.13. The lowest BCUT2D eigenvalue weighted by Crippen LogP contribution is -2.23. The van der Waals surface area contributed by atoms with Gasteiger partial charge in [-0.25, -0.2) is 18.6 Å². The van der Waals surface area contributed by atoms with Gasteiger partial charge in [-0.05, 0) is 61.5 Å². The average molecular weight is 436 g/mol. The molecule has 4 rings (SSSR count). The molecule has 3 aromatic carbocycles. The number of amides is 2. The van der Waals surface area contributed by atoms with Gasteiger partial charge < -0.3 is 15.4 Å². The van der Waals surface area contributed by atoms with E-state index in [1.165, 1.54) is 10.6 Å². The van der Waals surface area contributed by atoms with E-state index in [1.807, 2.05) is 0 Å². The van der Waals surface area contributed by atoms with Crippen LogP contribution in [0.4, 0.5) is 25.0 Å². The average Bonchev–Trinajstić information content (AvgIpc) is 2.77. The second kappa shape index (κ2) is 8.46. The number of aryl methyl sites for hydroxylation is 1. The third-order valence-corrected chi connectivity index (χ3v) is 4.80. The van der Waals surface area contributed by atoms with Gasteiger partial charge in [0.2, 0.25) is 0 Å². The van der Waals surface area contributed by atoms with Gasteiger partial charge in [0.25, 0.3) is 5.56 Å². The molecule has 0 spiro atoms. The van der Waals surface area contributed by atoms with E-state index >= 15 is 0 Å². The fourth-order valence-electron chi connectivity index (χ4n) is 3.29. The fourth-order valence-corrected chi connectivity index (χ4v) is 3.29. The van der Waals surface area contributed by atoms with Gasteiger partial charge in [0.15, 0.2) is 0 Å². The standard InChI is InChI=1S/C23H18F2N4O3/c1-13-26-20-10-4-15(27-23(31)28-21-11-14(24)3-9-19(21)25)12-18(20)22(30)29(13)16-5-7-17(32-2)8-6-16/h3-12H,1-2H3,(H2,27,28,31). The Morgan fingerprint density at radius 2 is 1.75 bits per heavy atom. The van der Waals surface area contributed by atoms with Gasteiger partial charge in [-0.15, -0.1) is 0 Å². The summed E-state index contributed by atoms with van der Waals surface area (Å²) in [7, 11) is 1.55. The summed E-state index contributed by atoms with van der Waals surface area (Å²) in [6.45, 7) is 1.72. The predicted molar refractivity (Wildman–Crippen MR) is 118 cm³/mol. The molecule has 0 aliphatic carbocycles. The first kappa shape index (κ1) is 21.0. The van der Waals surface area contributed by atoms with Crippen LogP contribution in [-0.2, 0) is 0 Å². The first-order chi connectivity index (χ1) is 15.4. The number of aromatic nitrogens is 2. The van der Waals surface area contributed by atoms with Crippen molar-refractivity contribution in [3.63, 3.8) is 0 Å². The van der Waals surface area contributed by atoms with Crippen molar-refractivity contribution in [2.45, 2.75) is 6.92 Å². The number of carbonyl (C=O) groups excluding carboxylic acids is 1. The van der Waals surface area contributed by atoms with Crippen molar-refractivity contribution in [3.8, 4) is 11.4 Å². The van der Waals surface area contributed by atoms with E-state index in [-0.39, 0.29) is 22.3 Å². The number of benzene rings is 3. The summed E-state index contributed by atoms with van der Waals surface area (Å²) < 4.78 is 33.7. The molecule has 2 amide bonds. The van der Waals surface area contributed by atoms with Gasteiger partial charge in [0, 0.05) is 11.8 Å². The number of halogens is 2. The van der Waals surface area contributed by atoms with Crippen molar-refractivity contribution in [1.29, 1.82) is 0 Å². The van der Waals surface area contributed by atoms with Crippen molar-refractivity contribution in [3.05, 3.63) is 88.5 Å². The number of fused-ring (bicyclic) bond motifs is 1. The van der Waals surface area contributed by atoms with Gasteiger partial charge in [-0.2, -0.15) is 0 Å². The predicted octanol–water partition coefficient (Wildman–Crippen LogP) is 4.62. The van der Waals surface area contributed by atoms with Crippen molar-refractivity contribution in [1.82, 2.24) is 9.55 Å². The maximum atomic E-state index is 13.8. The lowest BCUT2D eigenvalue weighted by Gasteiger charge is -2.13. The molecule has 0 saturated heterocycles. The zero-order valence-electron chi connectivity index (χ0n) is 17.1. The molecule has 0 aliphatic heterocycles. The van der Waals surface area contributed by atoms with E-state index in [9.17, 15) is 18.4 Å². The second-order valence-corrected chi connectivity index (χ2v) is 6.93. The maximum absolute atomic E-state index is 13.8. The van der Waals surface area contributed by atoms with Crippen molar-refractivity contribution >= 4 is 28.3 Å². The number of hydrogen-bond acceptors (Lipinski definition) is 4. The summed E-state index contributed by atoms with van der Waals surface area (Å²) in [6.07, 6.45) is 0. The molecule has 9 heteroatoms. The summed E-state index contributed by atoms with van der Waals surface area (Å²) in [6, 6.07) is 13.5. The van der Waals surface area contributed by atoms with Crippen LogP contribution in [0, 0.1) is 18.6 Å². The van der Waals surface area contributed by atoms with E-state index in [0.29, 0.717) is 22.8 Å². The van der Waals surface area contributed by atoms with Crippen LogP contribution in [0.2, 0.25) is 0 Å². The molecule has 1 aromatic heterocycles. The normalized spacial score (nSPS) is 10.8. The van der Waals surface area contributed by atoms with Gasteiger partial charge in [0.05, 0.1) is 29.4 Å². The highest BCUT2D eigenvalue weighted by atomic mass is 19.1. The smallest absolute Gasteiger partial charge is 0.323 e. The number of anilines is 2. The number of rotatable bonds is 4. The highest BCUT2D eigenvalue weighted by molar-refractivity contribution is 6.01. The SMILES string of the molecule is COc1ccc(-n2c(C)nc3ccc(NC(=O)Nc4cc(F)ccc4F)cc3c2=O)cc1. The van der Waals surface area contributed by atoms with Crippen LogP contribution in [0.3, 0.4) is 0 Å². The molecular formula is C23H18F2N4O3. The molecule has 0 bridgehead atoms. The van der Waals surface area contributed by atoms with Crippen molar-refractivity contribution in [2.24, 2.45) is 0 Å². The zero-order chi connectivity index (χ0) is 22.8. The number of ether oxygens (including phenoxy) is 1. The number of carbonyl (C=O) groups is 1. The van der Waals surface area contributed by atoms with Crippen LogP contribution < -0.4 is 20.9 Å². The molecule has 2 N–H and O–H groups in total. The molecule has 0 atom stereocenters.